The molecule has 0 aromatic heterocycles. The van der Waals surface area contributed by atoms with Gasteiger partial charge in [-0.25, -0.2) is 0 Å². The molecule has 0 aromatic carbocycles. The normalized spacial score (nSPS) is 24.1. The Hall–Kier alpha value is -0.460. The molecule has 0 radical (unpaired) electrons. The van der Waals surface area contributed by atoms with Crippen LogP contribution in [0.1, 0.15) is 84.0 Å². The van der Waals surface area contributed by atoms with E-state index in [1.165, 1.54) is 64.2 Å². The molecule has 0 unspecified atom stereocenters. The maximum Gasteiger partial charge on any atom is 0.114 e. The summed E-state index contributed by atoms with van der Waals surface area (Å²) in [6.45, 7) is 2.70. The summed E-state index contributed by atoms with van der Waals surface area (Å²) in [4.78, 5) is 0. The van der Waals surface area contributed by atoms with Gasteiger partial charge in [0.25, 0.3) is 0 Å². The molecule has 160 valence electrons. The highest BCUT2D eigenvalue weighted by atomic mass is 16.6. The Labute approximate surface area is 165 Å². The molecule has 0 bridgehead atoms. The van der Waals surface area contributed by atoms with Gasteiger partial charge in [0.15, 0.2) is 0 Å². The Morgan fingerprint density at radius 2 is 1.56 bits per heavy atom. The molecule has 3 N–H and O–H groups in total. The van der Waals surface area contributed by atoms with E-state index < -0.39 is 31.0 Å². The minimum atomic E-state index is -1.05. The van der Waals surface area contributed by atoms with Gasteiger partial charge in [-0.05, 0) is 25.7 Å². The Balaban J connectivity index is 1.85. The van der Waals surface area contributed by atoms with Crippen LogP contribution in [0.2, 0.25) is 0 Å². The summed E-state index contributed by atoms with van der Waals surface area (Å²) >= 11 is 0. The summed E-state index contributed by atoms with van der Waals surface area (Å²) < 4.78 is 11.0. The molecule has 4 atom stereocenters. The van der Waals surface area contributed by atoms with Gasteiger partial charge >= 0.3 is 0 Å². The highest BCUT2D eigenvalue weighted by Gasteiger charge is 2.40. The first-order valence-corrected chi connectivity index (χ1v) is 11.1. The van der Waals surface area contributed by atoms with E-state index in [4.69, 9.17) is 14.6 Å². The lowest BCUT2D eigenvalue weighted by Crippen LogP contribution is -2.41. The fourth-order valence-corrected chi connectivity index (χ4v) is 3.42. The maximum atomic E-state index is 10.0. The lowest BCUT2D eigenvalue weighted by molar-refractivity contribution is -0.0730. The summed E-state index contributed by atoms with van der Waals surface area (Å²) in [6, 6.07) is 0. The highest BCUT2D eigenvalue weighted by Crippen LogP contribution is 2.20. The predicted octanol–water partition coefficient (Wildman–Crippen LogP) is 3.74. The van der Waals surface area contributed by atoms with Crippen LogP contribution < -0.4 is 0 Å². The Morgan fingerprint density at radius 1 is 0.963 bits per heavy atom. The van der Waals surface area contributed by atoms with E-state index in [9.17, 15) is 10.2 Å². The summed E-state index contributed by atoms with van der Waals surface area (Å²) in [6.07, 6.45) is 16.6. The van der Waals surface area contributed by atoms with Crippen LogP contribution in [-0.4, -0.2) is 59.6 Å². The zero-order chi connectivity index (χ0) is 19.7. The van der Waals surface area contributed by atoms with Crippen LogP contribution in [0, 0.1) is 0 Å². The average molecular weight is 387 g/mol. The van der Waals surface area contributed by atoms with Crippen LogP contribution in [-0.2, 0) is 9.47 Å². The molecule has 27 heavy (non-hydrogen) atoms. The molecule has 0 amide bonds. The quantitative estimate of drug-likeness (QED) is 0.262. The lowest BCUT2D eigenvalue weighted by Gasteiger charge is -2.20. The summed E-state index contributed by atoms with van der Waals surface area (Å²) in [5, 5.41) is 28.5. The van der Waals surface area contributed by atoms with E-state index in [1.54, 1.807) is 0 Å². The fourth-order valence-electron chi connectivity index (χ4n) is 3.42. The van der Waals surface area contributed by atoms with Crippen LogP contribution in [0.25, 0.3) is 0 Å². The van der Waals surface area contributed by atoms with Crippen molar-refractivity contribution in [3.05, 3.63) is 12.2 Å². The van der Waals surface area contributed by atoms with Crippen molar-refractivity contribution in [1.29, 1.82) is 0 Å². The monoisotopic (exact) mass is 386 g/mol. The maximum absolute atomic E-state index is 10.0. The van der Waals surface area contributed by atoms with Gasteiger partial charge in [0.2, 0.25) is 0 Å². The van der Waals surface area contributed by atoms with Crippen LogP contribution in [0.3, 0.4) is 0 Å². The topological polar surface area (TPSA) is 79.2 Å². The first-order chi connectivity index (χ1) is 13.2. The largest absolute Gasteiger partial charge is 0.394 e. The van der Waals surface area contributed by atoms with E-state index in [2.05, 4.69) is 19.1 Å². The molecule has 0 spiro atoms. The lowest BCUT2D eigenvalue weighted by atomic mass is 10.1. The van der Waals surface area contributed by atoms with Crippen molar-refractivity contribution in [3.8, 4) is 0 Å². The van der Waals surface area contributed by atoms with Crippen LogP contribution in [0.15, 0.2) is 12.2 Å². The minimum absolute atomic E-state index is 0.274. The van der Waals surface area contributed by atoms with Gasteiger partial charge in [-0.2, -0.15) is 0 Å². The van der Waals surface area contributed by atoms with Crippen molar-refractivity contribution in [2.24, 2.45) is 0 Å². The third kappa shape index (κ3) is 11.2. The zero-order valence-corrected chi connectivity index (χ0v) is 17.2. The van der Waals surface area contributed by atoms with Crippen molar-refractivity contribution in [1.82, 2.24) is 0 Å². The smallest absolute Gasteiger partial charge is 0.114 e. The van der Waals surface area contributed by atoms with E-state index in [0.717, 1.165) is 12.8 Å². The number of ether oxygens (including phenoxy) is 2. The molecular weight excluding hydrogens is 344 g/mol. The molecule has 1 fully saturated rings. The summed E-state index contributed by atoms with van der Waals surface area (Å²) in [5.41, 5.74) is 0. The van der Waals surface area contributed by atoms with Gasteiger partial charge in [0.05, 0.1) is 13.2 Å². The van der Waals surface area contributed by atoms with Crippen LogP contribution in [0.5, 0.6) is 0 Å². The second-order valence-electron chi connectivity index (χ2n) is 7.68. The molecule has 1 aliphatic rings. The molecule has 0 saturated carbocycles. The van der Waals surface area contributed by atoms with Gasteiger partial charge in [0.1, 0.15) is 24.4 Å². The standard InChI is InChI=1S/C22H42O5/c1-2-3-4-5-6-7-8-9-10-11-12-13-14-15-16-26-20-18-27-22(21(20)25)19(24)17-23/h5-6,19-25H,2-4,7-18H2,1H3/b6-5+/t19-,20+,21-,22-/m1/s1. The highest BCUT2D eigenvalue weighted by molar-refractivity contribution is 4.88. The number of allylic oxidation sites excluding steroid dienone is 2. The fraction of sp³-hybridized carbons (Fsp3) is 0.909. The number of aliphatic hydroxyl groups is 3. The number of aliphatic hydroxyl groups excluding tert-OH is 3. The predicted molar refractivity (Wildman–Crippen MR) is 109 cm³/mol. The van der Waals surface area contributed by atoms with Crippen LogP contribution >= 0.6 is 0 Å². The van der Waals surface area contributed by atoms with Crippen molar-refractivity contribution in [3.63, 3.8) is 0 Å². The van der Waals surface area contributed by atoms with Crippen molar-refractivity contribution >= 4 is 0 Å². The van der Waals surface area contributed by atoms with Crippen LogP contribution in [0.4, 0.5) is 0 Å². The zero-order valence-electron chi connectivity index (χ0n) is 17.2. The summed E-state index contributed by atoms with van der Waals surface area (Å²) in [7, 11) is 0. The molecule has 5 nitrogen and oxygen atoms in total. The third-order valence-corrected chi connectivity index (χ3v) is 5.22. The van der Waals surface area contributed by atoms with Crippen molar-refractivity contribution in [2.45, 2.75) is 108 Å². The molecule has 1 aliphatic heterocycles. The first-order valence-electron chi connectivity index (χ1n) is 11.1. The minimum Gasteiger partial charge on any atom is -0.394 e. The number of unbranched alkanes of at least 4 members (excludes halogenated alkanes) is 10. The van der Waals surface area contributed by atoms with E-state index in [-0.39, 0.29) is 6.61 Å². The van der Waals surface area contributed by atoms with E-state index >= 15 is 0 Å². The van der Waals surface area contributed by atoms with Gasteiger partial charge in [-0.3, -0.25) is 0 Å². The number of rotatable bonds is 17. The number of hydrogen-bond acceptors (Lipinski definition) is 5. The molecule has 1 saturated heterocycles. The van der Waals surface area contributed by atoms with Gasteiger partial charge in [-0.1, -0.05) is 70.4 Å². The van der Waals surface area contributed by atoms with Gasteiger partial charge < -0.3 is 24.8 Å². The van der Waals surface area contributed by atoms with Gasteiger partial charge in [-0.15, -0.1) is 0 Å². The molecule has 0 aliphatic carbocycles. The Morgan fingerprint density at radius 3 is 2.19 bits per heavy atom. The molecular formula is C22H42O5. The van der Waals surface area contributed by atoms with Crippen molar-refractivity contribution < 1.29 is 24.8 Å². The second-order valence-corrected chi connectivity index (χ2v) is 7.68. The second kappa shape index (κ2) is 16.5. The SMILES string of the molecule is CCCC/C=C/CCCCCCCCCCO[C@H]1CO[C@H]([C@H](O)CO)[C@@H]1O. The molecule has 1 heterocycles. The summed E-state index contributed by atoms with van der Waals surface area (Å²) in [5.74, 6) is 0. The third-order valence-electron chi connectivity index (χ3n) is 5.22. The van der Waals surface area contributed by atoms with Crippen molar-refractivity contribution in [2.75, 3.05) is 19.8 Å². The van der Waals surface area contributed by atoms with E-state index in [0.29, 0.717) is 6.61 Å². The molecule has 1 rings (SSSR count). The van der Waals surface area contributed by atoms with Gasteiger partial charge in [0, 0.05) is 6.61 Å². The molecule has 5 heteroatoms. The Bertz CT molecular complexity index is 361. The Kier molecular flexibility index (Phi) is 15.0. The van der Waals surface area contributed by atoms with E-state index in [1.807, 2.05) is 0 Å². The molecule has 0 aromatic rings. The number of hydrogen-bond donors (Lipinski definition) is 3. The first kappa shape index (κ1) is 24.6. The average Bonchev–Trinajstić information content (AvgIpc) is 3.04.